The molecule has 1 saturated heterocycles. The molecule has 1 aliphatic heterocycles. The number of halogens is 2. The molecule has 1 unspecified atom stereocenters. The molecule has 114 valence electrons. The molecule has 21 heavy (non-hydrogen) atoms. The minimum absolute atomic E-state index is 0.592. The van der Waals surface area contributed by atoms with Gasteiger partial charge in [0.2, 0.25) is 0 Å². The number of nitrogens with one attached hydrogen (secondary N) is 1. The van der Waals surface area contributed by atoms with Crippen LogP contribution in [-0.2, 0) is 4.74 Å². The lowest BCUT2D eigenvalue weighted by molar-refractivity contribution is -0.0773. The zero-order chi connectivity index (χ0) is 15.8. The van der Waals surface area contributed by atoms with E-state index >= 15 is 0 Å². The lowest BCUT2D eigenvalue weighted by atomic mass is 9.97. The number of aliphatic hydroxyl groups is 2. The van der Waals surface area contributed by atoms with Crippen molar-refractivity contribution in [1.82, 2.24) is 9.55 Å². The fourth-order valence-electron chi connectivity index (χ4n) is 2.17. The molecule has 0 saturated carbocycles. The summed E-state index contributed by atoms with van der Waals surface area (Å²) in [6.07, 6.45) is -3.59. The van der Waals surface area contributed by atoms with Crippen LogP contribution < -0.4 is 11.2 Å². The van der Waals surface area contributed by atoms with E-state index in [9.17, 15) is 19.8 Å². The standard InChI is InChI=1S/C12H12Cl2N2O5/c1-6(17)8-9(19)12(14,3-4-13)10(21-8)16-5-2-7(18)15-11(16)20/h2,5-6,8-10,17,19H,1H3,(H,15,18,20)/t6-,8+,9-,10+,12?/m0/s1. The van der Waals surface area contributed by atoms with Crippen LogP contribution in [0.1, 0.15) is 13.2 Å². The summed E-state index contributed by atoms with van der Waals surface area (Å²) in [5, 5.41) is 21.9. The van der Waals surface area contributed by atoms with E-state index in [4.69, 9.17) is 27.9 Å². The molecule has 3 N–H and O–H groups in total. The van der Waals surface area contributed by atoms with Crippen molar-refractivity contribution >= 4 is 23.2 Å². The van der Waals surface area contributed by atoms with Crippen LogP contribution >= 0.6 is 23.2 Å². The predicted molar refractivity (Wildman–Crippen MR) is 75.1 cm³/mol. The maximum atomic E-state index is 11.8. The smallest absolute Gasteiger partial charge is 0.330 e. The topological polar surface area (TPSA) is 105 Å². The molecule has 0 aliphatic carbocycles. The molecule has 1 aromatic rings. The van der Waals surface area contributed by atoms with E-state index in [0.717, 1.165) is 16.8 Å². The number of nitrogens with zero attached hydrogens (tertiary/aromatic N) is 1. The highest BCUT2D eigenvalue weighted by Gasteiger charge is 2.57. The monoisotopic (exact) mass is 334 g/mol. The van der Waals surface area contributed by atoms with Crippen molar-refractivity contribution in [3.8, 4) is 11.3 Å². The molecule has 0 bridgehead atoms. The Kier molecular flexibility index (Phi) is 4.46. The third-order valence-corrected chi connectivity index (χ3v) is 3.80. The van der Waals surface area contributed by atoms with Crippen molar-refractivity contribution in [2.75, 3.05) is 0 Å². The summed E-state index contributed by atoms with van der Waals surface area (Å²) in [6.45, 7) is 1.40. The summed E-state index contributed by atoms with van der Waals surface area (Å²) in [4.78, 5) is 23.2. The van der Waals surface area contributed by atoms with Crippen LogP contribution in [0.25, 0.3) is 0 Å². The summed E-state index contributed by atoms with van der Waals surface area (Å²) in [7, 11) is 0. The van der Waals surface area contributed by atoms with Gasteiger partial charge in [-0.25, -0.2) is 4.79 Å². The van der Waals surface area contributed by atoms with E-state index in [0.29, 0.717) is 0 Å². The van der Waals surface area contributed by atoms with Gasteiger partial charge in [0, 0.05) is 17.6 Å². The van der Waals surface area contributed by atoms with Crippen LogP contribution in [0.3, 0.4) is 0 Å². The van der Waals surface area contributed by atoms with E-state index in [1.54, 1.807) is 0 Å². The van der Waals surface area contributed by atoms with Crippen molar-refractivity contribution in [3.63, 3.8) is 0 Å². The number of hydrogen-bond acceptors (Lipinski definition) is 5. The Morgan fingerprint density at radius 3 is 2.76 bits per heavy atom. The molecule has 0 aromatic carbocycles. The second-order valence-electron chi connectivity index (χ2n) is 4.64. The summed E-state index contributed by atoms with van der Waals surface area (Å²) < 4.78 is 6.43. The Morgan fingerprint density at radius 1 is 1.57 bits per heavy atom. The van der Waals surface area contributed by atoms with E-state index < -0.39 is 40.7 Å². The Hall–Kier alpha value is -1.30. The highest BCUT2D eigenvalue weighted by atomic mass is 35.5. The van der Waals surface area contributed by atoms with E-state index in [1.165, 1.54) is 6.92 Å². The maximum absolute atomic E-state index is 11.8. The van der Waals surface area contributed by atoms with Crippen molar-refractivity contribution < 1.29 is 14.9 Å². The van der Waals surface area contributed by atoms with Gasteiger partial charge >= 0.3 is 5.69 Å². The Balaban J connectivity index is 2.56. The normalized spacial score (nSPS) is 33.3. The van der Waals surface area contributed by atoms with Crippen LogP contribution in [-0.4, -0.2) is 43.0 Å². The third kappa shape index (κ3) is 2.73. The largest absolute Gasteiger partial charge is 0.391 e. The number of aromatic amines is 1. The van der Waals surface area contributed by atoms with E-state index in [2.05, 4.69) is 11.3 Å². The van der Waals surface area contributed by atoms with Gasteiger partial charge < -0.3 is 14.9 Å². The van der Waals surface area contributed by atoms with Crippen LogP contribution in [0.2, 0.25) is 0 Å². The molecular weight excluding hydrogens is 323 g/mol. The minimum atomic E-state index is -1.74. The predicted octanol–water partition coefficient (Wildman–Crippen LogP) is -0.647. The molecule has 7 nitrogen and oxygen atoms in total. The van der Waals surface area contributed by atoms with Crippen molar-refractivity contribution in [1.29, 1.82) is 0 Å². The fraction of sp³-hybridized carbons (Fsp3) is 0.500. The number of H-pyrrole nitrogens is 1. The van der Waals surface area contributed by atoms with E-state index in [-0.39, 0.29) is 0 Å². The SMILES string of the molecule is C[C@H](O)[C@H]1O[C@@H](n2ccc(=O)[nH]c2=O)C(Cl)(C#CCl)[C@H]1O. The van der Waals surface area contributed by atoms with Gasteiger partial charge in [-0.05, 0) is 18.5 Å². The summed E-state index contributed by atoms with van der Waals surface area (Å²) in [5.74, 6) is 2.39. The highest BCUT2D eigenvalue weighted by molar-refractivity contribution is 6.32. The molecule has 0 amide bonds. The summed E-state index contributed by atoms with van der Waals surface area (Å²) in [6, 6.07) is 1.10. The van der Waals surface area contributed by atoms with Crippen LogP contribution in [0.5, 0.6) is 0 Å². The van der Waals surface area contributed by atoms with E-state index in [1.807, 2.05) is 4.98 Å². The quantitative estimate of drug-likeness (QED) is 0.492. The number of aliphatic hydroxyl groups excluding tert-OH is 2. The zero-order valence-electron chi connectivity index (χ0n) is 10.8. The number of rotatable bonds is 2. The maximum Gasteiger partial charge on any atom is 0.330 e. The molecule has 2 heterocycles. The van der Waals surface area contributed by atoms with Gasteiger partial charge in [-0.1, -0.05) is 17.5 Å². The second kappa shape index (κ2) is 5.83. The fourth-order valence-corrected chi connectivity index (χ4v) is 2.71. The Bertz CT molecular complexity index is 704. The van der Waals surface area contributed by atoms with Gasteiger partial charge in [0.1, 0.15) is 12.2 Å². The molecular formula is C12H12Cl2N2O5. The third-order valence-electron chi connectivity index (χ3n) is 3.21. The van der Waals surface area contributed by atoms with Crippen molar-refractivity contribution in [2.24, 2.45) is 0 Å². The first-order chi connectivity index (χ1) is 9.81. The highest BCUT2D eigenvalue weighted by Crippen LogP contribution is 2.43. The first-order valence-electron chi connectivity index (χ1n) is 5.96. The lowest BCUT2D eigenvalue weighted by Gasteiger charge is -2.25. The van der Waals surface area contributed by atoms with Gasteiger partial charge in [0.05, 0.1) is 6.10 Å². The Labute approximate surface area is 129 Å². The second-order valence-corrected chi connectivity index (χ2v) is 5.46. The van der Waals surface area contributed by atoms with Crippen molar-refractivity contribution in [2.45, 2.75) is 36.3 Å². The molecule has 1 aliphatic rings. The van der Waals surface area contributed by atoms with Crippen molar-refractivity contribution in [3.05, 3.63) is 33.1 Å². The molecule has 0 spiro atoms. The number of hydrogen-bond donors (Lipinski definition) is 3. The van der Waals surface area contributed by atoms with Gasteiger partial charge in [0.15, 0.2) is 11.1 Å². The first-order valence-corrected chi connectivity index (χ1v) is 6.71. The van der Waals surface area contributed by atoms with Gasteiger partial charge in [-0.2, -0.15) is 0 Å². The number of ether oxygens (including phenoxy) is 1. The van der Waals surface area contributed by atoms with Crippen LogP contribution in [0.15, 0.2) is 21.9 Å². The molecule has 9 heteroatoms. The molecule has 0 radical (unpaired) electrons. The first kappa shape index (κ1) is 16.1. The van der Waals surface area contributed by atoms with Gasteiger partial charge in [-0.15, -0.1) is 0 Å². The average Bonchev–Trinajstić information content (AvgIpc) is 2.64. The van der Waals surface area contributed by atoms with Gasteiger partial charge in [0.25, 0.3) is 5.56 Å². The van der Waals surface area contributed by atoms with Gasteiger partial charge in [-0.3, -0.25) is 14.3 Å². The summed E-state index contributed by atoms with van der Waals surface area (Å²) >= 11 is 11.6. The Morgan fingerprint density at radius 2 is 2.24 bits per heavy atom. The number of alkyl halides is 1. The molecule has 1 aromatic heterocycles. The molecule has 1 fully saturated rings. The zero-order valence-corrected chi connectivity index (χ0v) is 12.3. The number of aromatic nitrogens is 2. The lowest BCUT2D eigenvalue weighted by Crippen LogP contribution is -2.45. The van der Waals surface area contributed by atoms with Crippen LogP contribution in [0, 0.1) is 11.3 Å². The molecule has 2 rings (SSSR count). The minimum Gasteiger partial charge on any atom is -0.391 e. The average molecular weight is 335 g/mol. The molecule has 5 atom stereocenters. The summed E-state index contributed by atoms with van der Waals surface area (Å²) in [5.41, 5.74) is -1.38. The van der Waals surface area contributed by atoms with Crippen LogP contribution in [0.4, 0.5) is 0 Å².